The van der Waals surface area contributed by atoms with E-state index in [9.17, 15) is 9.59 Å². The Balaban J connectivity index is 2.75. The van der Waals surface area contributed by atoms with Crippen LogP contribution in [0.15, 0.2) is 29.1 Å². The Hall–Kier alpha value is -2.30. The molecule has 18 heavy (non-hydrogen) atoms. The van der Waals surface area contributed by atoms with Crippen molar-refractivity contribution in [3.8, 4) is 5.75 Å². The van der Waals surface area contributed by atoms with Crippen LogP contribution in [0.4, 0.5) is 0 Å². The van der Waals surface area contributed by atoms with Gasteiger partial charge in [-0.25, -0.2) is 0 Å². The van der Waals surface area contributed by atoms with Crippen molar-refractivity contribution < 1.29 is 9.53 Å². The number of primary amides is 1. The largest absolute Gasteiger partial charge is 0.487 e. The average Bonchev–Trinajstić information content (AvgIpc) is 2.35. The van der Waals surface area contributed by atoms with Crippen molar-refractivity contribution in [2.24, 2.45) is 5.73 Å². The third kappa shape index (κ3) is 2.07. The number of carbonyl (C=O) groups excluding carboxylic acids is 1. The van der Waals surface area contributed by atoms with Gasteiger partial charge in [0.15, 0.2) is 5.75 Å². The number of aromatic amines is 1. The number of carbonyl (C=O) groups is 1. The lowest BCUT2D eigenvalue weighted by atomic mass is 10.1. The highest BCUT2D eigenvalue weighted by Gasteiger charge is 2.17. The summed E-state index contributed by atoms with van der Waals surface area (Å²) in [4.78, 5) is 26.1. The van der Waals surface area contributed by atoms with Crippen molar-refractivity contribution in [1.82, 2.24) is 4.98 Å². The quantitative estimate of drug-likeness (QED) is 0.855. The minimum Gasteiger partial charge on any atom is -0.487 e. The molecule has 0 fully saturated rings. The van der Waals surface area contributed by atoms with Crippen molar-refractivity contribution in [1.29, 1.82) is 0 Å². The van der Waals surface area contributed by atoms with Crippen LogP contribution in [0, 0.1) is 0 Å². The van der Waals surface area contributed by atoms with E-state index in [1.807, 2.05) is 6.92 Å². The lowest BCUT2D eigenvalue weighted by Gasteiger charge is -2.10. The number of pyridine rings is 1. The summed E-state index contributed by atoms with van der Waals surface area (Å²) in [5.41, 5.74) is 5.63. The molecule has 0 aliphatic rings. The van der Waals surface area contributed by atoms with E-state index in [2.05, 4.69) is 4.98 Å². The normalized spacial score (nSPS) is 10.5. The third-order valence-corrected chi connectivity index (χ3v) is 2.57. The molecule has 1 amide bonds. The Morgan fingerprint density at radius 2 is 2.11 bits per heavy atom. The fourth-order valence-corrected chi connectivity index (χ4v) is 1.81. The topological polar surface area (TPSA) is 85.2 Å². The highest BCUT2D eigenvalue weighted by atomic mass is 16.5. The molecule has 2 aromatic rings. The number of H-pyrrole nitrogens is 1. The predicted molar refractivity (Wildman–Crippen MR) is 68.9 cm³/mol. The van der Waals surface area contributed by atoms with E-state index in [4.69, 9.17) is 10.5 Å². The second-order valence-electron chi connectivity index (χ2n) is 3.92. The number of benzene rings is 1. The van der Waals surface area contributed by atoms with Gasteiger partial charge in [-0.15, -0.1) is 0 Å². The van der Waals surface area contributed by atoms with Gasteiger partial charge < -0.3 is 15.5 Å². The van der Waals surface area contributed by atoms with Gasteiger partial charge in [0.05, 0.1) is 12.2 Å². The van der Waals surface area contributed by atoms with Gasteiger partial charge in [0.25, 0.3) is 11.5 Å². The average molecular weight is 246 g/mol. The minimum absolute atomic E-state index is 0.00282. The SMILES string of the molecule is CCCOc1c(C(N)=O)c2ccccc2[nH]c1=O. The summed E-state index contributed by atoms with van der Waals surface area (Å²) < 4.78 is 5.34. The number of amides is 1. The Labute approximate surface area is 104 Å². The first-order valence-electron chi connectivity index (χ1n) is 5.72. The third-order valence-electron chi connectivity index (χ3n) is 2.57. The molecule has 3 N–H and O–H groups in total. The zero-order chi connectivity index (χ0) is 13.1. The zero-order valence-corrected chi connectivity index (χ0v) is 10.0. The van der Waals surface area contributed by atoms with Crippen molar-refractivity contribution in [2.75, 3.05) is 6.61 Å². The summed E-state index contributed by atoms with van der Waals surface area (Å²) >= 11 is 0. The van der Waals surface area contributed by atoms with Gasteiger partial charge in [-0.2, -0.15) is 0 Å². The molecule has 5 heteroatoms. The van der Waals surface area contributed by atoms with E-state index < -0.39 is 11.5 Å². The summed E-state index contributed by atoms with van der Waals surface area (Å²) in [6.07, 6.45) is 0.741. The summed E-state index contributed by atoms with van der Waals surface area (Å²) in [5.74, 6) is -0.661. The molecule has 0 atom stereocenters. The molecule has 0 aliphatic heterocycles. The molecule has 5 nitrogen and oxygen atoms in total. The number of hydrogen-bond acceptors (Lipinski definition) is 3. The fraction of sp³-hybridized carbons (Fsp3) is 0.231. The monoisotopic (exact) mass is 246 g/mol. The van der Waals surface area contributed by atoms with Crippen LogP contribution in [-0.4, -0.2) is 17.5 Å². The number of aromatic nitrogens is 1. The van der Waals surface area contributed by atoms with E-state index in [0.717, 1.165) is 6.42 Å². The number of para-hydroxylation sites is 1. The van der Waals surface area contributed by atoms with Crippen LogP contribution in [-0.2, 0) is 0 Å². The number of nitrogens with one attached hydrogen (secondary N) is 1. The maximum Gasteiger partial charge on any atom is 0.291 e. The number of nitrogens with two attached hydrogens (primary N) is 1. The van der Waals surface area contributed by atoms with Crippen molar-refractivity contribution in [3.05, 3.63) is 40.2 Å². The summed E-state index contributed by atoms with van der Waals surface area (Å²) in [5, 5.41) is 0.593. The van der Waals surface area contributed by atoms with E-state index in [0.29, 0.717) is 17.5 Å². The van der Waals surface area contributed by atoms with Crippen molar-refractivity contribution in [2.45, 2.75) is 13.3 Å². The molecular formula is C13H14N2O3. The molecule has 0 aliphatic carbocycles. The molecular weight excluding hydrogens is 232 g/mol. The molecule has 94 valence electrons. The van der Waals surface area contributed by atoms with Crippen molar-refractivity contribution in [3.63, 3.8) is 0 Å². The van der Waals surface area contributed by atoms with Gasteiger partial charge in [0.2, 0.25) is 0 Å². The molecule has 0 radical (unpaired) electrons. The fourth-order valence-electron chi connectivity index (χ4n) is 1.81. The van der Waals surface area contributed by atoms with Crippen LogP contribution in [0.25, 0.3) is 10.9 Å². The number of ether oxygens (including phenoxy) is 1. The Morgan fingerprint density at radius 3 is 2.78 bits per heavy atom. The maximum absolute atomic E-state index is 11.9. The Kier molecular flexibility index (Phi) is 3.32. The van der Waals surface area contributed by atoms with E-state index >= 15 is 0 Å². The highest BCUT2D eigenvalue weighted by Crippen LogP contribution is 2.22. The molecule has 0 unspecified atom stereocenters. The van der Waals surface area contributed by atoms with Crippen LogP contribution in [0.3, 0.4) is 0 Å². The van der Waals surface area contributed by atoms with Crippen LogP contribution < -0.4 is 16.0 Å². The lowest BCUT2D eigenvalue weighted by molar-refractivity contribution is 0.0997. The first kappa shape index (κ1) is 12.2. The molecule has 1 heterocycles. The van der Waals surface area contributed by atoms with Gasteiger partial charge in [-0.1, -0.05) is 25.1 Å². The van der Waals surface area contributed by atoms with Gasteiger partial charge in [-0.3, -0.25) is 9.59 Å². The van der Waals surface area contributed by atoms with Crippen LogP contribution in [0.1, 0.15) is 23.7 Å². The van der Waals surface area contributed by atoms with E-state index in [1.165, 1.54) is 0 Å². The molecule has 0 saturated carbocycles. The number of hydrogen-bond donors (Lipinski definition) is 2. The number of fused-ring (bicyclic) bond motifs is 1. The second kappa shape index (κ2) is 4.91. The Morgan fingerprint density at radius 1 is 1.39 bits per heavy atom. The summed E-state index contributed by atoms with van der Waals surface area (Å²) in [6.45, 7) is 2.28. The molecule has 0 saturated heterocycles. The van der Waals surface area contributed by atoms with E-state index in [1.54, 1.807) is 24.3 Å². The van der Waals surface area contributed by atoms with Crippen LogP contribution in [0.2, 0.25) is 0 Å². The Bertz CT molecular complexity index is 646. The number of rotatable bonds is 4. The molecule has 1 aromatic heterocycles. The minimum atomic E-state index is -0.664. The summed E-state index contributed by atoms with van der Waals surface area (Å²) in [7, 11) is 0. The van der Waals surface area contributed by atoms with Crippen molar-refractivity contribution >= 4 is 16.8 Å². The smallest absolute Gasteiger partial charge is 0.291 e. The van der Waals surface area contributed by atoms with Gasteiger partial charge >= 0.3 is 0 Å². The zero-order valence-electron chi connectivity index (χ0n) is 10.0. The first-order chi connectivity index (χ1) is 8.65. The molecule has 0 spiro atoms. The van der Waals surface area contributed by atoms with E-state index in [-0.39, 0.29) is 11.3 Å². The highest BCUT2D eigenvalue weighted by molar-refractivity contribution is 6.07. The standard InChI is InChI=1S/C13H14N2O3/c1-2-7-18-11-10(12(14)16)8-5-3-4-6-9(8)15-13(11)17/h3-6H,2,7H2,1H3,(H2,14,16)(H,15,17). The predicted octanol–water partition coefficient (Wildman–Crippen LogP) is 1.42. The molecule has 0 bridgehead atoms. The molecule has 2 rings (SSSR count). The van der Waals surface area contributed by atoms with Gasteiger partial charge in [0, 0.05) is 10.9 Å². The second-order valence-corrected chi connectivity index (χ2v) is 3.92. The molecule has 1 aromatic carbocycles. The lowest BCUT2D eigenvalue weighted by Crippen LogP contribution is -2.21. The van der Waals surface area contributed by atoms with Gasteiger partial charge in [-0.05, 0) is 12.5 Å². The summed E-state index contributed by atoms with van der Waals surface area (Å²) in [6, 6.07) is 6.99. The van der Waals surface area contributed by atoms with Gasteiger partial charge in [0.1, 0.15) is 0 Å². The van der Waals surface area contributed by atoms with Crippen LogP contribution >= 0.6 is 0 Å². The first-order valence-corrected chi connectivity index (χ1v) is 5.72. The van der Waals surface area contributed by atoms with Crippen LogP contribution in [0.5, 0.6) is 5.75 Å². The maximum atomic E-state index is 11.9.